The molecule has 0 aromatic carbocycles. The second-order valence-electron chi connectivity index (χ2n) is 5.11. The van der Waals surface area contributed by atoms with Crippen molar-refractivity contribution in [1.29, 1.82) is 0 Å². The van der Waals surface area contributed by atoms with Crippen molar-refractivity contribution in [1.82, 2.24) is 5.32 Å². The van der Waals surface area contributed by atoms with Gasteiger partial charge < -0.3 is 14.8 Å². The quantitative estimate of drug-likeness (QED) is 0.734. The van der Waals surface area contributed by atoms with E-state index in [2.05, 4.69) is 26.1 Å². The summed E-state index contributed by atoms with van der Waals surface area (Å²) >= 11 is 0. The summed E-state index contributed by atoms with van der Waals surface area (Å²) in [6.07, 6.45) is 3.87. The molecular formula is C12H25NO2. The van der Waals surface area contributed by atoms with E-state index < -0.39 is 0 Å². The van der Waals surface area contributed by atoms with Crippen LogP contribution in [0.25, 0.3) is 0 Å². The van der Waals surface area contributed by atoms with Crippen molar-refractivity contribution in [2.45, 2.75) is 57.8 Å². The average Bonchev–Trinajstić information content (AvgIpc) is 2.66. The van der Waals surface area contributed by atoms with Gasteiger partial charge in [-0.1, -0.05) is 0 Å². The number of rotatable bonds is 6. The van der Waals surface area contributed by atoms with E-state index in [4.69, 9.17) is 9.47 Å². The Morgan fingerprint density at radius 2 is 2.27 bits per heavy atom. The van der Waals surface area contributed by atoms with Crippen molar-refractivity contribution < 1.29 is 9.47 Å². The molecule has 1 aliphatic heterocycles. The number of methoxy groups -OCH3 is 1. The van der Waals surface area contributed by atoms with E-state index in [1.165, 1.54) is 12.8 Å². The molecule has 0 saturated carbocycles. The molecule has 1 rings (SSSR count). The first-order valence-corrected chi connectivity index (χ1v) is 5.93. The fourth-order valence-electron chi connectivity index (χ4n) is 2.03. The van der Waals surface area contributed by atoms with Gasteiger partial charge in [0.25, 0.3) is 0 Å². The number of hydrogen-bond acceptors (Lipinski definition) is 3. The summed E-state index contributed by atoms with van der Waals surface area (Å²) in [6, 6.07) is 0.476. The first-order valence-electron chi connectivity index (χ1n) is 5.93. The van der Waals surface area contributed by atoms with Crippen molar-refractivity contribution in [3.8, 4) is 0 Å². The maximum Gasteiger partial charge on any atom is 0.0700 e. The Morgan fingerprint density at radius 1 is 1.53 bits per heavy atom. The minimum Gasteiger partial charge on any atom is -0.379 e. The summed E-state index contributed by atoms with van der Waals surface area (Å²) in [6.45, 7) is 8.36. The third-order valence-electron chi connectivity index (χ3n) is 3.07. The summed E-state index contributed by atoms with van der Waals surface area (Å²) in [5.74, 6) is 0. The van der Waals surface area contributed by atoms with E-state index in [1.54, 1.807) is 7.11 Å². The van der Waals surface area contributed by atoms with Crippen LogP contribution in [0.1, 0.15) is 40.0 Å². The van der Waals surface area contributed by atoms with Crippen LogP contribution < -0.4 is 5.32 Å². The molecule has 3 heteroatoms. The topological polar surface area (TPSA) is 30.5 Å². The molecule has 1 aliphatic rings. The lowest BCUT2D eigenvalue weighted by Gasteiger charge is -2.27. The monoisotopic (exact) mass is 215 g/mol. The Balaban J connectivity index is 2.15. The Hall–Kier alpha value is -0.120. The van der Waals surface area contributed by atoms with Crippen molar-refractivity contribution >= 4 is 0 Å². The molecule has 1 saturated heterocycles. The Bertz CT molecular complexity index is 176. The zero-order chi connectivity index (χ0) is 11.3. The van der Waals surface area contributed by atoms with Gasteiger partial charge in [-0.15, -0.1) is 0 Å². The van der Waals surface area contributed by atoms with Crippen molar-refractivity contribution in [3.05, 3.63) is 0 Å². The predicted octanol–water partition coefficient (Wildman–Crippen LogP) is 1.96. The summed E-state index contributed by atoms with van der Waals surface area (Å²) in [7, 11) is 1.77. The number of nitrogens with one attached hydrogen (secondary N) is 1. The van der Waals surface area contributed by atoms with E-state index >= 15 is 0 Å². The average molecular weight is 215 g/mol. The number of hydrogen-bond donors (Lipinski definition) is 1. The summed E-state index contributed by atoms with van der Waals surface area (Å²) < 4.78 is 11.0. The second kappa shape index (κ2) is 5.83. The van der Waals surface area contributed by atoms with Crippen LogP contribution in [-0.4, -0.2) is 38.0 Å². The Morgan fingerprint density at radius 3 is 2.80 bits per heavy atom. The Kier molecular flexibility index (Phi) is 5.03. The minimum atomic E-state index is -0.0387. The molecule has 1 N–H and O–H groups in total. The largest absolute Gasteiger partial charge is 0.379 e. The third-order valence-corrected chi connectivity index (χ3v) is 3.07. The highest BCUT2D eigenvalue weighted by Crippen LogP contribution is 2.16. The zero-order valence-corrected chi connectivity index (χ0v) is 10.5. The van der Waals surface area contributed by atoms with Gasteiger partial charge in [0.05, 0.1) is 11.7 Å². The molecule has 0 aliphatic carbocycles. The van der Waals surface area contributed by atoms with Crippen LogP contribution in [0.5, 0.6) is 0 Å². The molecule has 2 atom stereocenters. The highest BCUT2D eigenvalue weighted by atomic mass is 16.5. The van der Waals surface area contributed by atoms with Crippen LogP contribution in [0, 0.1) is 0 Å². The summed E-state index contributed by atoms with van der Waals surface area (Å²) in [4.78, 5) is 0. The molecule has 15 heavy (non-hydrogen) atoms. The van der Waals surface area contributed by atoms with Gasteiger partial charge in [0, 0.05) is 26.3 Å². The van der Waals surface area contributed by atoms with Crippen molar-refractivity contribution in [2.24, 2.45) is 0 Å². The van der Waals surface area contributed by atoms with Gasteiger partial charge >= 0.3 is 0 Å². The van der Waals surface area contributed by atoms with E-state index in [1.807, 2.05) is 0 Å². The molecule has 1 fully saturated rings. The van der Waals surface area contributed by atoms with Gasteiger partial charge in [-0.05, 0) is 40.0 Å². The number of ether oxygens (including phenoxy) is 2. The molecule has 0 aromatic rings. The molecule has 0 aromatic heterocycles. The van der Waals surface area contributed by atoms with Gasteiger partial charge in [-0.3, -0.25) is 0 Å². The molecule has 0 bridgehead atoms. The van der Waals surface area contributed by atoms with Crippen LogP contribution in [0.2, 0.25) is 0 Å². The fourth-order valence-corrected chi connectivity index (χ4v) is 2.03. The molecule has 0 unspecified atom stereocenters. The van der Waals surface area contributed by atoms with Crippen LogP contribution >= 0.6 is 0 Å². The van der Waals surface area contributed by atoms with Gasteiger partial charge in [-0.25, -0.2) is 0 Å². The first kappa shape index (κ1) is 12.9. The predicted molar refractivity (Wildman–Crippen MR) is 62.1 cm³/mol. The molecule has 1 heterocycles. The van der Waals surface area contributed by atoms with Crippen LogP contribution in [-0.2, 0) is 9.47 Å². The lowest BCUT2D eigenvalue weighted by Crippen LogP contribution is -2.39. The maximum absolute atomic E-state index is 5.57. The summed E-state index contributed by atoms with van der Waals surface area (Å²) in [5, 5.41) is 3.51. The van der Waals surface area contributed by atoms with Crippen LogP contribution in [0.3, 0.4) is 0 Å². The minimum absolute atomic E-state index is 0.0387. The molecule has 90 valence electrons. The standard InChI is InChI=1S/C12H25NO2/c1-10(8-12(2,3)14-4)13-9-11-6-5-7-15-11/h10-11,13H,5-9H2,1-4H3/t10-,11-/m0/s1. The van der Waals surface area contributed by atoms with Crippen LogP contribution in [0.4, 0.5) is 0 Å². The van der Waals surface area contributed by atoms with E-state index in [0.717, 1.165) is 19.6 Å². The molecule has 3 nitrogen and oxygen atoms in total. The molecule has 0 amide bonds. The normalized spacial score (nSPS) is 24.4. The van der Waals surface area contributed by atoms with Crippen LogP contribution in [0.15, 0.2) is 0 Å². The lowest BCUT2D eigenvalue weighted by molar-refractivity contribution is 0.00716. The maximum atomic E-state index is 5.57. The Labute approximate surface area is 93.5 Å². The van der Waals surface area contributed by atoms with Gasteiger partial charge in [0.2, 0.25) is 0 Å². The third kappa shape index (κ3) is 4.96. The van der Waals surface area contributed by atoms with E-state index in [9.17, 15) is 0 Å². The van der Waals surface area contributed by atoms with Gasteiger partial charge in [-0.2, -0.15) is 0 Å². The van der Waals surface area contributed by atoms with Crippen molar-refractivity contribution in [2.75, 3.05) is 20.3 Å². The summed E-state index contributed by atoms with van der Waals surface area (Å²) in [5.41, 5.74) is -0.0387. The van der Waals surface area contributed by atoms with Crippen molar-refractivity contribution in [3.63, 3.8) is 0 Å². The van der Waals surface area contributed by atoms with Gasteiger partial charge in [0.15, 0.2) is 0 Å². The van der Waals surface area contributed by atoms with E-state index in [0.29, 0.717) is 12.1 Å². The van der Waals surface area contributed by atoms with E-state index in [-0.39, 0.29) is 5.60 Å². The van der Waals surface area contributed by atoms with Gasteiger partial charge in [0.1, 0.15) is 0 Å². The zero-order valence-electron chi connectivity index (χ0n) is 10.5. The molecule has 0 radical (unpaired) electrons. The molecular weight excluding hydrogens is 190 g/mol. The highest BCUT2D eigenvalue weighted by molar-refractivity contribution is 4.77. The molecule has 0 spiro atoms. The highest BCUT2D eigenvalue weighted by Gasteiger charge is 2.21. The fraction of sp³-hybridized carbons (Fsp3) is 1.00. The SMILES string of the molecule is COC(C)(C)C[C@H](C)NC[C@@H]1CCCO1. The lowest BCUT2D eigenvalue weighted by atomic mass is 10.00. The second-order valence-corrected chi connectivity index (χ2v) is 5.11. The first-order chi connectivity index (χ1) is 7.03. The smallest absolute Gasteiger partial charge is 0.0700 e.